The van der Waals surface area contributed by atoms with Crippen molar-refractivity contribution in [3.8, 4) is 0 Å². The Balaban J connectivity index is 1.46. The van der Waals surface area contributed by atoms with Gasteiger partial charge in [-0.3, -0.25) is 14.9 Å². The third kappa shape index (κ3) is 5.05. The first-order valence-electron chi connectivity index (χ1n) is 12.8. The number of benzene rings is 4. The Morgan fingerprint density at radius 1 is 1.00 bits per heavy atom. The number of nitro groups is 1. The van der Waals surface area contributed by atoms with Crippen LogP contribution in [0.2, 0.25) is 5.02 Å². The van der Waals surface area contributed by atoms with Crippen LogP contribution in [0.5, 0.6) is 0 Å². The fraction of sp³-hybridized carbons (Fsp3) is 0.194. The van der Waals surface area contributed by atoms with Crippen molar-refractivity contribution in [3.63, 3.8) is 0 Å². The molecule has 4 aromatic rings. The highest BCUT2D eigenvalue weighted by Gasteiger charge is 2.51. The Bertz CT molecular complexity index is 1600. The number of carbonyl (C=O) groups is 1. The van der Waals surface area contributed by atoms with Gasteiger partial charge in [0.05, 0.1) is 21.2 Å². The minimum Gasteiger partial charge on any atom is -0.377 e. The Hall–Kier alpha value is -2.84. The number of nitrogens with one attached hydrogen (secondary N) is 1. The number of carbonyl (C=O) groups excluding carboxylic acids is 1. The van der Waals surface area contributed by atoms with Gasteiger partial charge in [0.15, 0.2) is 5.78 Å². The van der Waals surface area contributed by atoms with Gasteiger partial charge in [-0.05, 0) is 53.8 Å². The highest BCUT2D eigenvalue weighted by Crippen LogP contribution is 2.59. The average molecular weight is 654 g/mol. The molecule has 5 atom stereocenters. The van der Waals surface area contributed by atoms with E-state index in [9.17, 15) is 14.9 Å². The number of nitrogens with zero attached hydrogens (tertiary/aromatic N) is 1. The van der Waals surface area contributed by atoms with Crippen LogP contribution in [0, 0.1) is 16.0 Å². The molecule has 2 aliphatic rings. The van der Waals surface area contributed by atoms with Gasteiger partial charge in [0, 0.05) is 43.5 Å². The van der Waals surface area contributed by atoms with Gasteiger partial charge in [-0.2, -0.15) is 0 Å². The monoisotopic (exact) mass is 652 g/mol. The summed E-state index contributed by atoms with van der Waals surface area (Å²) in [7, 11) is 0. The first kappa shape index (κ1) is 27.3. The largest absolute Gasteiger partial charge is 0.377 e. The van der Waals surface area contributed by atoms with Gasteiger partial charge in [-0.15, -0.1) is 23.4 Å². The SMILES string of the molecule is O=C(c1ccccc1)c1cc(Cl)cc2c1N[C@H](c1ccc(Br)cc1)[C@@H]1C[C@H](Sc3ccccc3[N+](=O)[O-])[C@H](Cl)[C@H]21. The van der Waals surface area contributed by atoms with Gasteiger partial charge >= 0.3 is 0 Å². The molecule has 0 spiro atoms. The summed E-state index contributed by atoms with van der Waals surface area (Å²) in [5, 5.41) is 15.5. The molecule has 0 unspecified atom stereocenters. The highest BCUT2D eigenvalue weighted by molar-refractivity contribution is 9.10. The topological polar surface area (TPSA) is 72.2 Å². The van der Waals surface area contributed by atoms with Crippen LogP contribution < -0.4 is 5.32 Å². The molecule has 9 heteroatoms. The van der Waals surface area contributed by atoms with Gasteiger partial charge in [-0.1, -0.05) is 82.1 Å². The summed E-state index contributed by atoms with van der Waals surface area (Å²) in [4.78, 5) is 25.7. The molecule has 0 saturated heterocycles. The molecule has 5 nitrogen and oxygen atoms in total. The molecule has 6 rings (SSSR count). The average Bonchev–Trinajstić information content (AvgIpc) is 3.29. The molecule has 4 aromatic carbocycles. The zero-order chi connectivity index (χ0) is 28.0. The van der Waals surface area contributed by atoms with Crippen molar-refractivity contribution >= 4 is 68.1 Å². The van der Waals surface area contributed by atoms with Crippen LogP contribution >= 0.6 is 50.9 Å². The van der Waals surface area contributed by atoms with Gasteiger partial charge in [-0.25, -0.2) is 0 Å². The predicted molar refractivity (Wildman–Crippen MR) is 165 cm³/mol. The number of hydrogen-bond donors (Lipinski definition) is 1. The lowest BCUT2D eigenvalue weighted by Crippen LogP contribution is -2.32. The molecule has 0 aromatic heterocycles. The smallest absolute Gasteiger partial charge is 0.282 e. The molecule has 0 bridgehead atoms. The van der Waals surface area contributed by atoms with Crippen LogP contribution in [-0.4, -0.2) is 21.3 Å². The molecule has 1 aliphatic heterocycles. The van der Waals surface area contributed by atoms with E-state index in [1.54, 1.807) is 30.3 Å². The van der Waals surface area contributed by atoms with Crippen molar-refractivity contribution in [1.29, 1.82) is 0 Å². The number of thioether (sulfide) groups is 1. The second-order valence-electron chi connectivity index (χ2n) is 10.0. The minimum absolute atomic E-state index is 0.0769. The van der Waals surface area contributed by atoms with E-state index in [-0.39, 0.29) is 44.9 Å². The standard InChI is InChI=1S/C31H23BrCl2N2O3S/c32-19-12-10-17(11-13-19)29-22-16-26(40-25-9-5-4-8-24(25)36(38)39)28(34)27(22)21-14-20(33)15-23(30(21)35-29)31(37)18-6-2-1-3-7-18/h1-15,22,26-29,35H,16H2/t22-,26+,27-,28+,29-/m1/s1. The van der Waals surface area contributed by atoms with Gasteiger partial charge in [0.25, 0.3) is 5.69 Å². The van der Waals surface area contributed by atoms with E-state index in [0.29, 0.717) is 21.0 Å². The number of hydrogen-bond acceptors (Lipinski definition) is 5. The van der Waals surface area contributed by atoms with Crippen LogP contribution in [0.1, 0.15) is 45.4 Å². The van der Waals surface area contributed by atoms with E-state index in [2.05, 4.69) is 33.4 Å². The zero-order valence-corrected chi connectivity index (χ0v) is 24.9. The summed E-state index contributed by atoms with van der Waals surface area (Å²) in [5.41, 5.74) is 3.90. The lowest BCUT2D eigenvalue weighted by atomic mass is 9.76. The maximum atomic E-state index is 13.7. The van der Waals surface area contributed by atoms with Crippen LogP contribution in [0.4, 0.5) is 11.4 Å². The van der Waals surface area contributed by atoms with Crippen molar-refractivity contribution in [2.45, 2.75) is 33.9 Å². The van der Waals surface area contributed by atoms with Crippen molar-refractivity contribution in [2.75, 3.05) is 5.32 Å². The number of para-hydroxylation sites is 1. The summed E-state index contributed by atoms with van der Waals surface area (Å²) in [5.74, 6) is -0.155. The fourth-order valence-electron chi connectivity index (χ4n) is 5.98. The Kier molecular flexibility index (Phi) is 7.66. The maximum Gasteiger partial charge on any atom is 0.282 e. The normalized spacial score (nSPS) is 23.1. The lowest BCUT2D eigenvalue weighted by Gasteiger charge is -2.39. The number of rotatable bonds is 6. The molecular formula is C31H23BrCl2N2O3S. The van der Waals surface area contributed by atoms with Crippen molar-refractivity contribution < 1.29 is 9.72 Å². The summed E-state index contributed by atoms with van der Waals surface area (Å²) in [6.07, 6.45) is 0.733. The number of alkyl halides is 1. The van der Waals surface area contributed by atoms with Gasteiger partial charge in [0.2, 0.25) is 0 Å². The summed E-state index contributed by atoms with van der Waals surface area (Å²) >= 11 is 18.9. The lowest BCUT2D eigenvalue weighted by molar-refractivity contribution is -0.387. The summed E-state index contributed by atoms with van der Waals surface area (Å²) in [6.45, 7) is 0. The molecule has 1 heterocycles. The third-order valence-electron chi connectivity index (χ3n) is 7.73. The second kappa shape index (κ2) is 11.2. The number of halogens is 3. The molecule has 0 radical (unpaired) electrons. The molecule has 1 saturated carbocycles. The Morgan fingerprint density at radius 2 is 1.70 bits per heavy atom. The Labute approximate surface area is 254 Å². The summed E-state index contributed by atoms with van der Waals surface area (Å²) in [6, 6.07) is 27.6. The number of anilines is 1. The molecule has 1 fully saturated rings. The van der Waals surface area contributed by atoms with Crippen LogP contribution in [-0.2, 0) is 0 Å². The first-order chi connectivity index (χ1) is 19.3. The highest BCUT2D eigenvalue weighted by atomic mass is 79.9. The molecule has 40 heavy (non-hydrogen) atoms. The van der Waals surface area contributed by atoms with Crippen LogP contribution in [0.3, 0.4) is 0 Å². The van der Waals surface area contributed by atoms with Crippen LogP contribution in [0.25, 0.3) is 0 Å². The number of ketones is 1. The molecule has 0 amide bonds. The van der Waals surface area contributed by atoms with E-state index in [0.717, 1.165) is 27.7 Å². The van der Waals surface area contributed by atoms with E-state index < -0.39 is 0 Å². The van der Waals surface area contributed by atoms with E-state index in [4.69, 9.17) is 23.2 Å². The molecular weight excluding hydrogens is 631 g/mol. The van der Waals surface area contributed by atoms with Crippen molar-refractivity contribution in [2.24, 2.45) is 5.92 Å². The quantitative estimate of drug-likeness (QED) is 0.0972. The zero-order valence-electron chi connectivity index (χ0n) is 21.0. The first-order valence-corrected chi connectivity index (χ1v) is 15.3. The molecule has 202 valence electrons. The molecule has 1 N–H and O–H groups in total. The van der Waals surface area contributed by atoms with E-state index >= 15 is 0 Å². The second-order valence-corrected chi connectivity index (χ2v) is 13.2. The van der Waals surface area contributed by atoms with Crippen molar-refractivity contribution in [1.82, 2.24) is 0 Å². The van der Waals surface area contributed by atoms with Gasteiger partial charge < -0.3 is 5.32 Å². The van der Waals surface area contributed by atoms with Gasteiger partial charge in [0.1, 0.15) is 0 Å². The van der Waals surface area contributed by atoms with E-state index in [1.165, 1.54) is 17.8 Å². The minimum atomic E-state index is -0.351. The number of fused-ring (bicyclic) bond motifs is 3. The van der Waals surface area contributed by atoms with Crippen LogP contribution in [0.15, 0.2) is 100 Å². The van der Waals surface area contributed by atoms with E-state index in [1.807, 2.05) is 42.5 Å². The molecule has 1 aliphatic carbocycles. The maximum absolute atomic E-state index is 13.7. The number of nitro benzene ring substituents is 1. The summed E-state index contributed by atoms with van der Waals surface area (Å²) < 4.78 is 0.974. The Morgan fingerprint density at radius 3 is 2.42 bits per heavy atom. The van der Waals surface area contributed by atoms with Crippen molar-refractivity contribution in [3.05, 3.63) is 133 Å². The predicted octanol–water partition coefficient (Wildman–Crippen LogP) is 9.28. The fourth-order valence-corrected chi connectivity index (χ4v) is 8.42. The third-order valence-corrected chi connectivity index (χ3v) is 10.6.